The fourth-order valence-corrected chi connectivity index (χ4v) is 5.11. The topological polar surface area (TPSA) is 59.1 Å². The molecule has 0 bridgehead atoms. The average molecular weight is 435 g/mol. The summed E-state index contributed by atoms with van der Waals surface area (Å²) in [5.74, 6) is 1.44. The highest BCUT2D eigenvalue weighted by Crippen LogP contribution is 2.36. The van der Waals surface area contributed by atoms with Gasteiger partial charge in [-0.25, -0.2) is 0 Å². The van der Waals surface area contributed by atoms with E-state index < -0.39 is 6.04 Å². The molecule has 32 heavy (non-hydrogen) atoms. The Morgan fingerprint density at radius 2 is 1.62 bits per heavy atom. The van der Waals surface area contributed by atoms with E-state index in [2.05, 4.69) is 0 Å². The summed E-state index contributed by atoms with van der Waals surface area (Å²) in [6, 6.07) is 13.3. The van der Waals surface area contributed by atoms with E-state index in [0.717, 1.165) is 42.4 Å². The van der Waals surface area contributed by atoms with Gasteiger partial charge < -0.3 is 19.3 Å². The van der Waals surface area contributed by atoms with Crippen LogP contribution in [-0.2, 0) is 16.1 Å². The summed E-state index contributed by atoms with van der Waals surface area (Å²) in [5, 5.41) is 0. The van der Waals surface area contributed by atoms with Crippen molar-refractivity contribution in [2.45, 2.75) is 64.1 Å². The lowest BCUT2D eigenvalue weighted by molar-refractivity contribution is -0.159. The molecule has 2 heterocycles. The monoisotopic (exact) mass is 434 g/mol. The number of ether oxygens (including phenoxy) is 2. The summed E-state index contributed by atoms with van der Waals surface area (Å²) in [6.45, 7) is 2.76. The second-order valence-electron chi connectivity index (χ2n) is 9.13. The number of benzene rings is 2. The van der Waals surface area contributed by atoms with Crippen LogP contribution in [0.4, 0.5) is 0 Å². The minimum Gasteiger partial charge on any atom is -0.454 e. The molecule has 2 fully saturated rings. The van der Waals surface area contributed by atoms with Crippen molar-refractivity contribution in [1.82, 2.24) is 9.80 Å². The van der Waals surface area contributed by atoms with E-state index in [9.17, 15) is 9.59 Å². The van der Waals surface area contributed by atoms with Gasteiger partial charge in [0.25, 0.3) is 5.91 Å². The fourth-order valence-electron chi connectivity index (χ4n) is 5.11. The number of aryl methyl sites for hydroxylation is 1. The summed E-state index contributed by atoms with van der Waals surface area (Å²) in [4.78, 5) is 30.9. The molecule has 0 radical (unpaired) electrons. The van der Waals surface area contributed by atoms with Gasteiger partial charge in [0.05, 0.1) is 0 Å². The Morgan fingerprint density at radius 3 is 2.38 bits per heavy atom. The molecule has 2 aromatic rings. The van der Waals surface area contributed by atoms with E-state index in [1.807, 2.05) is 54.3 Å². The molecule has 0 N–H and O–H groups in total. The minimum atomic E-state index is -0.606. The average Bonchev–Trinajstić information content (AvgIpc) is 3.09. The van der Waals surface area contributed by atoms with Gasteiger partial charge in [0.2, 0.25) is 12.7 Å². The summed E-state index contributed by atoms with van der Waals surface area (Å²) in [7, 11) is 0. The molecule has 2 aromatic carbocycles. The van der Waals surface area contributed by atoms with Crippen LogP contribution in [0.2, 0.25) is 0 Å². The standard InChI is InChI=1S/C26H30N2O4/c1-18-8-11-20(12-9-18)25-26(30)27(21-6-4-2-3-5-7-21)16-24(29)28(25)15-19-10-13-22-23(14-19)32-17-31-22/h8-14,21,25H,2-7,15-17H2,1H3/t25-/m0/s1. The Balaban J connectivity index is 1.46. The third-order valence-electron chi connectivity index (χ3n) is 6.90. The Kier molecular flexibility index (Phi) is 5.77. The van der Waals surface area contributed by atoms with Crippen LogP contribution in [0.25, 0.3) is 0 Å². The van der Waals surface area contributed by atoms with Crippen LogP contribution < -0.4 is 9.47 Å². The SMILES string of the molecule is Cc1ccc([C@H]2C(=O)N(C3CCCCCC3)CC(=O)N2Cc2ccc3c(c2)OCO3)cc1. The number of hydrogen-bond acceptors (Lipinski definition) is 4. The normalized spacial score (nSPS) is 21.7. The molecule has 3 aliphatic rings. The first kappa shape index (κ1) is 20.9. The van der Waals surface area contributed by atoms with E-state index in [1.165, 1.54) is 12.8 Å². The molecule has 5 rings (SSSR count). The Morgan fingerprint density at radius 1 is 0.906 bits per heavy atom. The Labute approximate surface area is 189 Å². The lowest BCUT2D eigenvalue weighted by Crippen LogP contribution is -2.57. The Bertz CT molecular complexity index is 995. The molecule has 1 saturated heterocycles. The maximum Gasteiger partial charge on any atom is 0.250 e. The van der Waals surface area contributed by atoms with Crippen LogP contribution in [0.1, 0.15) is 61.3 Å². The van der Waals surface area contributed by atoms with Gasteiger partial charge in [-0.1, -0.05) is 61.6 Å². The highest BCUT2D eigenvalue weighted by atomic mass is 16.7. The second-order valence-corrected chi connectivity index (χ2v) is 9.13. The molecule has 0 unspecified atom stereocenters. The highest BCUT2D eigenvalue weighted by molar-refractivity contribution is 5.95. The fraction of sp³-hybridized carbons (Fsp3) is 0.462. The van der Waals surface area contributed by atoms with Gasteiger partial charge in [0.1, 0.15) is 12.6 Å². The third-order valence-corrected chi connectivity index (χ3v) is 6.90. The quantitative estimate of drug-likeness (QED) is 0.671. The first-order chi connectivity index (χ1) is 15.6. The zero-order valence-corrected chi connectivity index (χ0v) is 18.6. The molecule has 6 heteroatoms. The Hall–Kier alpha value is -3.02. The van der Waals surface area contributed by atoms with Crippen molar-refractivity contribution < 1.29 is 19.1 Å². The van der Waals surface area contributed by atoms with Crippen LogP contribution >= 0.6 is 0 Å². The van der Waals surface area contributed by atoms with E-state index in [0.29, 0.717) is 18.0 Å². The molecule has 1 saturated carbocycles. The highest BCUT2D eigenvalue weighted by Gasteiger charge is 2.42. The molecule has 168 valence electrons. The van der Waals surface area contributed by atoms with Crippen molar-refractivity contribution in [1.29, 1.82) is 0 Å². The van der Waals surface area contributed by atoms with Gasteiger partial charge in [0, 0.05) is 12.6 Å². The zero-order chi connectivity index (χ0) is 22.1. The first-order valence-corrected chi connectivity index (χ1v) is 11.7. The van der Waals surface area contributed by atoms with Crippen molar-refractivity contribution in [2.75, 3.05) is 13.3 Å². The number of carbonyl (C=O) groups is 2. The van der Waals surface area contributed by atoms with Crippen molar-refractivity contribution in [3.05, 3.63) is 59.2 Å². The number of rotatable bonds is 4. The predicted molar refractivity (Wildman–Crippen MR) is 120 cm³/mol. The molecule has 1 aliphatic carbocycles. The number of carbonyl (C=O) groups excluding carboxylic acids is 2. The molecular formula is C26H30N2O4. The molecular weight excluding hydrogens is 404 g/mol. The number of amides is 2. The number of piperazine rings is 1. The van der Waals surface area contributed by atoms with Gasteiger partial charge in [-0.2, -0.15) is 0 Å². The molecule has 2 amide bonds. The van der Waals surface area contributed by atoms with Crippen LogP contribution in [0.5, 0.6) is 11.5 Å². The van der Waals surface area contributed by atoms with Crippen LogP contribution in [0, 0.1) is 6.92 Å². The summed E-state index contributed by atoms with van der Waals surface area (Å²) < 4.78 is 10.9. The van der Waals surface area contributed by atoms with Crippen LogP contribution in [-0.4, -0.2) is 41.0 Å². The number of nitrogens with zero attached hydrogens (tertiary/aromatic N) is 2. The molecule has 0 aromatic heterocycles. The minimum absolute atomic E-state index is 0.00270. The van der Waals surface area contributed by atoms with Crippen molar-refractivity contribution >= 4 is 11.8 Å². The number of fused-ring (bicyclic) bond motifs is 1. The zero-order valence-electron chi connectivity index (χ0n) is 18.6. The van der Waals surface area contributed by atoms with E-state index in [4.69, 9.17) is 9.47 Å². The van der Waals surface area contributed by atoms with E-state index in [-0.39, 0.29) is 31.2 Å². The predicted octanol–water partition coefficient (Wildman–Crippen LogP) is 4.36. The van der Waals surface area contributed by atoms with Crippen molar-refractivity contribution in [3.63, 3.8) is 0 Å². The summed E-state index contributed by atoms with van der Waals surface area (Å²) in [6.07, 6.45) is 6.65. The largest absolute Gasteiger partial charge is 0.454 e. The molecule has 6 nitrogen and oxygen atoms in total. The third kappa shape index (κ3) is 4.06. The number of hydrogen-bond donors (Lipinski definition) is 0. The lowest BCUT2D eigenvalue weighted by Gasteiger charge is -2.43. The smallest absolute Gasteiger partial charge is 0.250 e. The van der Waals surface area contributed by atoms with Crippen molar-refractivity contribution in [2.24, 2.45) is 0 Å². The lowest BCUT2D eigenvalue weighted by atomic mass is 9.96. The molecule has 2 aliphatic heterocycles. The van der Waals surface area contributed by atoms with Crippen LogP contribution in [0.3, 0.4) is 0 Å². The summed E-state index contributed by atoms with van der Waals surface area (Å²) >= 11 is 0. The maximum atomic E-state index is 13.8. The maximum absolute atomic E-state index is 13.8. The summed E-state index contributed by atoms with van der Waals surface area (Å²) in [5.41, 5.74) is 2.93. The van der Waals surface area contributed by atoms with Crippen molar-refractivity contribution in [3.8, 4) is 11.5 Å². The van der Waals surface area contributed by atoms with Gasteiger partial charge in [-0.15, -0.1) is 0 Å². The van der Waals surface area contributed by atoms with Gasteiger partial charge >= 0.3 is 0 Å². The molecule has 0 spiro atoms. The second kappa shape index (κ2) is 8.85. The van der Waals surface area contributed by atoms with E-state index >= 15 is 0 Å². The van der Waals surface area contributed by atoms with Crippen LogP contribution in [0.15, 0.2) is 42.5 Å². The molecule has 1 atom stereocenters. The first-order valence-electron chi connectivity index (χ1n) is 11.7. The van der Waals surface area contributed by atoms with Gasteiger partial charge in [0.15, 0.2) is 11.5 Å². The van der Waals surface area contributed by atoms with Gasteiger partial charge in [-0.3, -0.25) is 9.59 Å². The van der Waals surface area contributed by atoms with Gasteiger partial charge in [-0.05, 0) is 43.0 Å². The van der Waals surface area contributed by atoms with E-state index in [1.54, 1.807) is 4.90 Å².